The Hall–Kier alpha value is -1.55. The SMILES string of the molecule is Cc1c(NCC(C)(C)C)cccc1C(=O)NCC(C)CO. The third-order valence-electron chi connectivity index (χ3n) is 3.31. The Labute approximate surface area is 128 Å². The van der Waals surface area contributed by atoms with Crippen molar-refractivity contribution in [2.45, 2.75) is 34.6 Å². The fourth-order valence-electron chi connectivity index (χ4n) is 1.86. The second kappa shape index (κ2) is 7.46. The first-order valence-corrected chi connectivity index (χ1v) is 7.47. The summed E-state index contributed by atoms with van der Waals surface area (Å²) in [7, 11) is 0. The molecule has 21 heavy (non-hydrogen) atoms. The normalized spacial score (nSPS) is 12.9. The van der Waals surface area contributed by atoms with Gasteiger partial charge >= 0.3 is 0 Å². The number of anilines is 1. The smallest absolute Gasteiger partial charge is 0.251 e. The first-order chi connectivity index (χ1) is 9.74. The molecule has 1 aromatic rings. The lowest BCUT2D eigenvalue weighted by molar-refractivity contribution is 0.0941. The summed E-state index contributed by atoms with van der Waals surface area (Å²) in [5.74, 6) is -0.0244. The summed E-state index contributed by atoms with van der Waals surface area (Å²) < 4.78 is 0. The number of rotatable bonds is 6. The number of hydrogen-bond acceptors (Lipinski definition) is 3. The zero-order valence-electron chi connectivity index (χ0n) is 13.8. The van der Waals surface area contributed by atoms with Crippen molar-refractivity contribution < 1.29 is 9.90 Å². The number of amides is 1. The Kier molecular flexibility index (Phi) is 6.21. The number of hydrogen-bond donors (Lipinski definition) is 3. The molecule has 0 heterocycles. The Bertz CT molecular complexity index is 478. The van der Waals surface area contributed by atoms with Gasteiger partial charge in [0.15, 0.2) is 0 Å². The average molecular weight is 292 g/mol. The van der Waals surface area contributed by atoms with E-state index < -0.39 is 0 Å². The van der Waals surface area contributed by atoms with Crippen molar-refractivity contribution in [2.24, 2.45) is 11.3 Å². The zero-order chi connectivity index (χ0) is 16.0. The van der Waals surface area contributed by atoms with Crippen LogP contribution in [-0.2, 0) is 0 Å². The molecule has 1 rings (SSSR count). The van der Waals surface area contributed by atoms with Gasteiger partial charge in [-0.15, -0.1) is 0 Å². The second-order valence-electron chi connectivity index (χ2n) is 6.89. The largest absolute Gasteiger partial charge is 0.396 e. The molecule has 0 bridgehead atoms. The van der Waals surface area contributed by atoms with E-state index in [1.807, 2.05) is 32.0 Å². The number of nitrogens with one attached hydrogen (secondary N) is 2. The van der Waals surface area contributed by atoms with Crippen LogP contribution < -0.4 is 10.6 Å². The highest BCUT2D eigenvalue weighted by molar-refractivity contribution is 5.97. The van der Waals surface area contributed by atoms with Gasteiger partial charge in [0, 0.05) is 30.9 Å². The number of carbonyl (C=O) groups excluding carboxylic acids is 1. The molecule has 1 aromatic carbocycles. The van der Waals surface area contributed by atoms with E-state index in [4.69, 9.17) is 5.11 Å². The standard InChI is InChI=1S/C17H28N2O2/c1-12(10-20)9-18-16(21)14-7-6-8-15(13(14)2)19-11-17(3,4)5/h6-8,12,19-20H,9-11H2,1-5H3,(H,18,21). The van der Waals surface area contributed by atoms with Gasteiger partial charge in [0.05, 0.1) is 0 Å². The predicted molar refractivity (Wildman–Crippen MR) is 87.7 cm³/mol. The molecular formula is C17H28N2O2. The van der Waals surface area contributed by atoms with Gasteiger partial charge in [-0.3, -0.25) is 4.79 Å². The molecule has 0 radical (unpaired) electrons. The lowest BCUT2D eigenvalue weighted by Gasteiger charge is -2.21. The van der Waals surface area contributed by atoms with Crippen LogP contribution in [0.4, 0.5) is 5.69 Å². The van der Waals surface area contributed by atoms with Crippen molar-refractivity contribution in [1.29, 1.82) is 0 Å². The fourth-order valence-corrected chi connectivity index (χ4v) is 1.86. The van der Waals surface area contributed by atoms with Crippen LogP contribution in [0, 0.1) is 18.3 Å². The Morgan fingerprint density at radius 3 is 2.57 bits per heavy atom. The van der Waals surface area contributed by atoms with E-state index >= 15 is 0 Å². The first-order valence-electron chi connectivity index (χ1n) is 7.47. The number of benzene rings is 1. The summed E-state index contributed by atoms with van der Waals surface area (Å²) >= 11 is 0. The van der Waals surface area contributed by atoms with Crippen molar-refractivity contribution >= 4 is 11.6 Å². The van der Waals surface area contributed by atoms with Gasteiger partial charge in [-0.2, -0.15) is 0 Å². The van der Waals surface area contributed by atoms with Crippen LogP contribution in [-0.4, -0.2) is 30.7 Å². The van der Waals surface area contributed by atoms with Crippen LogP contribution >= 0.6 is 0 Å². The van der Waals surface area contributed by atoms with Gasteiger partial charge in [0.2, 0.25) is 0 Å². The van der Waals surface area contributed by atoms with Gasteiger partial charge in [0.1, 0.15) is 0 Å². The maximum absolute atomic E-state index is 12.2. The molecule has 4 nitrogen and oxygen atoms in total. The maximum atomic E-state index is 12.2. The highest BCUT2D eigenvalue weighted by Crippen LogP contribution is 2.21. The topological polar surface area (TPSA) is 61.4 Å². The molecule has 0 aliphatic rings. The summed E-state index contributed by atoms with van der Waals surface area (Å²) in [5.41, 5.74) is 2.81. The molecule has 0 saturated carbocycles. The number of aliphatic hydroxyl groups excluding tert-OH is 1. The minimum atomic E-state index is -0.0905. The summed E-state index contributed by atoms with van der Waals surface area (Å²) in [6.45, 7) is 11.8. The monoisotopic (exact) mass is 292 g/mol. The molecule has 1 amide bonds. The van der Waals surface area contributed by atoms with E-state index in [1.165, 1.54) is 0 Å². The molecule has 0 aliphatic heterocycles. The van der Waals surface area contributed by atoms with E-state index in [0.717, 1.165) is 17.8 Å². The molecule has 1 unspecified atom stereocenters. The average Bonchev–Trinajstić information content (AvgIpc) is 2.42. The third kappa shape index (κ3) is 5.76. The van der Waals surface area contributed by atoms with Crippen LogP contribution in [0.1, 0.15) is 43.6 Å². The van der Waals surface area contributed by atoms with Crippen molar-refractivity contribution in [3.05, 3.63) is 29.3 Å². The van der Waals surface area contributed by atoms with Crippen molar-refractivity contribution in [3.63, 3.8) is 0 Å². The van der Waals surface area contributed by atoms with Crippen LogP contribution in [0.3, 0.4) is 0 Å². The molecular weight excluding hydrogens is 264 g/mol. The molecule has 118 valence electrons. The quantitative estimate of drug-likeness (QED) is 0.755. The fraction of sp³-hybridized carbons (Fsp3) is 0.588. The van der Waals surface area contributed by atoms with Crippen LogP contribution in [0.5, 0.6) is 0 Å². The van der Waals surface area contributed by atoms with Crippen LogP contribution in [0.15, 0.2) is 18.2 Å². The first kappa shape index (κ1) is 17.5. The van der Waals surface area contributed by atoms with Gasteiger partial charge in [-0.25, -0.2) is 0 Å². The Morgan fingerprint density at radius 2 is 2.00 bits per heavy atom. The van der Waals surface area contributed by atoms with E-state index in [1.54, 1.807) is 0 Å². The highest BCUT2D eigenvalue weighted by atomic mass is 16.3. The Balaban J connectivity index is 2.77. The highest BCUT2D eigenvalue weighted by Gasteiger charge is 2.14. The summed E-state index contributed by atoms with van der Waals surface area (Å²) in [6.07, 6.45) is 0. The summed E-state index contributed by atoms with van der Waals surface area (Å²) in [6, 6.07) is 5.72. The minimum Gasteiger partial charge on any atom is -0.396 e. The zero-order valence-corrected chi connectivity index (χ0v) is 13.8. The van der Waals surface area contributed by atoms with E-state index in [-0.39, 0.29) is 23.8 Å². The molecule has 0 saturated heterocycles. The molecule has 0 spiro atoms. The van der Waals surface area contributed by atoms with Crippen LogP contribution in [0.2, 0.25) is 0 Å². The second-order valence-corrected chi connectivity index (χ2v) is 6.89. The van der Waals surface area contributed by atoms with Gasteiger partial charge in [-0.05, 0) is 36.0 Å². The lowest BCUT2D eigenvalue weighted by atomic mass is 9.96. The predicted octanol–water partition coefficient (Wildman–Crippen LogP) is 2.81. The number of aliphatic hydroxyl groups is 1. The van der Waals surface area contributed by atoms with Crippen LogP contribution in [0.25, 0.3) is 0 Å². The van der Waals surface area contributed by atoms with Crippen molar-refractivity contribution in [1.82, 2.24) is 5.32 Å². The van der Waals surface area contributed by atoms with E-state index in [0.29, 0.717) is 12.1 Å². The van der Waals surface area contributed by atoms with E-state index in [2.05, 4.69) is 31.4 Å². The van der Waals surface area contributed by atoms with Gasteiger partial charge in [-0.1, -0.05) is 33.8 Å². The third-order valence-corrected chi connectivity index (χ3v) is 3.31. The van der Waals surface area contributed by atoms with Gasteiger partial charge < -0.3 is 15.7 Å². The molecule has 4 heteroatoms. The minimum absolute atomic E-state index is 0.0662. The van der Waals surface area contributed by atoms with Crippen molar-refractivity contribution in [2.75, 3.05) is 25.0 Å². The molecule has 3 N–H and O–H groups in total. The van der Waals surface area contributed by atoms with Gasteiger partial charge in [0.25, 0.3) is 5.91 Å². The molecule has 1 atom stereocenters. The maximum Gasteiger partial charge on any atom is 0.251 e. The Morgan fingerprint density at radius 1 is 1.33 bits per heavy atom. The molecule has 0 aliphatic carbocycles. The molecule has 0 aromatic heterocycles. The number of carbonyl (C=O) groups is 1. The van der Waals surface area contributed by atoms with E-state index in [9.17, 15) is 4.79 Å². The summed E-state index contributed by atoms with van der Waals surface area (Å²) in [5, 5.41) is 15.3. The molecule has 0 fully saturated rings. The van der Waals surface area contributed by atoms with Crippen molar-refractivity contribution in [3.8, 4) is 0 Å². The summed E-state index contributed by atoms with van der Waals surface area (Å²) in [4.78, 5) is 12.2. The lowest BCUT2D eigenvalue weighted by Crippen LogP contribution is -2.30.